The summed E-state index contributed by atoms with van der Waals surface area (Å²) in [6.45, 7) is 3.36. The first kappa shape index (κ1) is 13.9. The van der Waals surface area contributed by atoms with E-state index in [4.69, 9.17) is 0 Å². The van der Waals surface area contributed by atoms with Crippen molar-refractivity contribution < 1.29 is 9.59 Å². The summed E-state index contributed by atoms with van der Waals surface area (Å²) in [6, 6.07) is 5.84. The van der Waals surface area contributed by atoms with E-state index in [1.807, 2.05) is 30.0 Å². The molecular weight excluding hydrogens is 367 g/mol. The first-order valence-electron chi connectivity index (χ1n) is 6.93. The first-order chi connectivity index (χ1) is 9.59. The number of fused-ring (bicyclic) bond motifs is 1. The predicted octanol–water partition coefficient (Wildman–Crippen LogP) is 1.95. The number of hydrogen-bond acceptors (Lipinski definition) is 2. The Morgan fingerprint density at radius 2 is 2.25 bits per heavy atom. The highest BCUT2D eigenvalue weighted by Gasteiger charge is 2.42. The Hall–Kier alpha value is -1.11. The zero-order chi connectivity index (χ0) is 14.3. The Bertz CT molecular complexity index is 573. The highest BCUT2D eigenvalue weighted by Crippen LogP contribution is 2.29. The lowest BCUT2D eigenvalue weighted by Crippen LogP contribution is -2.48. The summed E-state index contributed by atoms with van der Waals surface area (Å²) < 4.78 is 1.01. The van der Waals surface area contributed by atoms with Crippen LogP contribution in [0.1, 0.15) is 28.8 Å². The molecule has 2 atom stereocenters. The maximum absolute atomic E-state index is 12.8. The van der Waals surface area contributed by atoms with Gasteiger partial charge in [-0.25, -0.2) is 0 Å². The van der Waals surface area contributed by atoms with Gasteiger partial charge in [0.1, 0.15) is 0 Å². The van der Waals surface area contributed by atoms with Gasteiger partial charge in [-0.1, -0.05) is 12.1 Å². The van der Waals surface area contributed by atoms with Crippen molar-refractivity contribution in [3.05, 3.63) is 32.9 Å². The third-order valence-electron chi connectivity index (χ3n) is 4.28. The molecule has 0 spiro atoms. The van der Waals surface area contributed by atoms with E-state index in [1.54, 1.807) is 0 Å². The molecule has 0 saturated carbocycles. The molecule has 2 saturated heterocycles. The van der Waals surface area contributed by atoms with Gasteiger partial charge >= 0.3 is 0 Å². The Kier molecular flexibility index (Phi) is 3.70. The van der Waals surface area contributed by atoms with Gasteiger partial charge in [0.25, 0.3) is 5.91 Å². The third kappa shape index (κ3) is 2.21. The summed E-state index contributed by atoms with van der Waals surface area (Å²) in [6.07, 6.45) is 1.80. The Balaban J connectivity index is 1.90. The van der Waals surface area contributed by atoms with Crippen LogP contribution in [0.15, 0.2) is 18.2 Å². The van der Waals surface area contributed by atoms with Crippen molar-refractivity contribution in [1.29, 1.82) is 0 Å². The second-order valence-electron chi connectivity index (χ2n) is 5.50. The Morgan fingerprint density at radius 1 is 1.45 bits per heavy atom. The highest BCUT2D eigenvalue weighted by molar-refractivity contribution is 14.1. The van der Waals surface area contributed by atoms with Crippen molar-refractivity contribution in [3.8, 4) is 0 Å². The minimum absolute atomic E-state index is 0.0184. The zero-order valence-electron chi connectivity index (χ0n) is 11.4. The molecule has 2 aliphatic heterocycles. The number of carbonyl (C=O) groups excluding carboxylic acids is 2. The maximum Gasteiger partial charge on any atom is 0.255 e. The molecule has 2 fully saturated rings. The number of amides is 2. The molecule has 4 nitrogen and oxygen atoms in total. The molecule has 2 heterocycles. The lowest BCUT2D eigenvalue weighted by atomic mass is 9.91. The summed E-state index contributed by atoms with van der Waals surface area (Å²) in [5.74, 6) is 0.144. The number of hydrogen-bond donors (Lipinski definition) is 1. The van der Waals surface area contributed by atoms with Gasteiger partial charge in [0.15, 0.2) is 0 Å². The van der Waals surface area contributed by atoms with E-state index in [1.165, 1.54) is 0 Å². The van der Waals surface area contributed by atoms with E-state index in [0.717, 1.165) is 34.1 Å². The van der Waals surface area contributed by atoms with Crippen molar-refractivity contribution in [1.82, 2.24) is 10.2 Å². The predicted molar refractivity (Wildman–Crippen MR) is 84.5 cm³/mol. The van der Waals surface area contributed by atoms with E-state index in [0.29, 0.717) is 6.54 Å². The van der Waals surface area contributed by atoms with Crippen LogP contribution in [0.2, 0.25) is 0 Å². The van der Waals surface area contributed by atoms with Crippen LogP contribution in [0.4, 0.5) is 0 Å². The Labute approximate surface area is 132 Å². The van der Waals surface area contributed by atoms with Gasteiger partial charge in [-0.3, -0.25) is 9.59 Å². The van der Waals surface area contributed by atoms with E-state index < -0.39 is 0 Å². The standard InChI is InChI=1S/C15H17IN2O2/c1-9-4-2-5-11(13(9)16)15(20)18-7-3-6-10-12(18)8-17-14(10)19/h2,4-5,10,12H,3,6-8H2,1H3,(H,17,19). The number of benzene rings is 1. The number of aryl methyl sites for hydroxylation is 1. The largest absolute Gasteiger partial charge is 0.354 e. The number of likely N-dealkylation sites (tertiary alicyclic amines) is 1. The van der Waals surface area contributed by atoms with Gasteiger partial charge in [0, 0.05) is 16.7 Å². The summed E-state index contributed by atoms with van der Waals surface area (Å²) in [4.78, 5) is 26.5. The minimum Gasteiger partial charge on any atom is -0.354 e. The molecule has 106 valence electrons. The minimum atomic E-state index is -0.0184. The van der Waals surface area contributed by atoms with Crippen molar-refractivity contribution >= 4 is 34.4 Å². The summed E-state index contributed by atoms with van der Waals surface area (Å²) in [7, 11) is 0. The SMILES string of the molecule is Cc1cccc(C(=O)N2CCCC3C(=O)NCC32)c1I. The molecule has 20 heavy (non-hydrogen) atoms. The second-order valence-corrected chi connectivity index (χ2v) is 6.57. The van der Waals surface area contributed by atoms with Crippen LogP contribution in [-0.2, 0) is 4.79 Å². The fraction of sp³-hybridized carbons (Fsp3) is 0.467. The van der Waals surface area contributed by atoms with E-state index in [-0.39, 0.29) is 23.8 Å². The molecule has 2 amide bonds. The van der Waals surface area contributed by atoms with Gasteiger partial charge in [-0.05, 0) is 54.0 Å². The molecule has 1 aromatic rings. The molecule has 5 heteroatoms. The molecule has 0 bridgehead atoms. The average Bonchev–Trinajstić information content (AvgIpc) is 2.83. The van der Waals surface area contributed by atoms with Crippen LogP contribution < -0.4 is 5.32 Å². The molecule has 0 aliphatic carbocycles. The van der Waals surface area contributed by atoms with Crippen LogP contribution in [0, 0.1) is 16.4 Å². The molecule has 1 N–H and O–H groups in total. The van der Waals surface area contributed by atoms with Gasteiger partial charge in [0.05, 0.1) is 17.5 Å². The van der Waals surface area contributed by atoms with E-state index in [2.05, 4.69) is 27.9 Å². The normalized spacial score (nSPS) is 25.3. The van der Waals surface area contributed by atoms with Crippen molar-refractivity contribution in [2.24, 2.45) is 5.92 Å². The lowest BCUT2D eigenvalue weighted by molar-refractivity contribution is -0.123. The maximum atomic E-state index is 12.8. The molecule has 3 rings (SSSR count). The van der Waals surface area contributed by atoms with Crippen LogP contribution in [0.25, 0.3) is 0 Å². The summed E-state index contributed by atoms with van der Waals surface area (Å²) >= 11 is 2.23. The van der Waals surface area contributed by atoms with Crippen LogP contribution in [0.3, 0.4) is 0 Å². The van der Waals surface area contributed by atoms with Crippen LogP contribution in [-0.4, -0.2) is 35.8 Å². The number of piperidine rings is 1. The smallest absolute Gasteiger partial charge is 0.255 e. The fourth-order valence-corrected chi connectivity index (χ4v) is 3.76. The second kappa shape index (κ2) is 5.35. The van der Waals surface area contributed by atoms with Crippen molar-refractivity contribution in [2.45, 2.75) is 25.8 Å². The number of nitrogens with one attached hydrogen (secondary N) is 1. The fourth-order valence-electron chi connectivity index (χ4n) is 3.17. The molecule has 0 radical (unpaired) electrons. The molecule has 2 aliphatic rings. The molecule has 2 unspecified atom stereocenters. The number of rotatable bonds is 1. The van der Waals surface area contributed by atoms with E-state index in [9.17, 15) is 9.59 Å². The Morgan fingerprint density at radius 3 is 3.05 bits per heavy atom. The third-order valence-corrected chi connectivity index (χ3v) is 5.72. The van der Waals surface area contributed by atoms with E-state index >= 15 is 0 Å². The summed E-state index contributed by atoms with van der Waals surface area (Å²) in [5, 5.41) is 2.89. The molecule has 0 aromatic heterocycles. The van der Waals surface area contributed by atoms with Crippen LogP contribution >= 0.6 is 22.6 Å². The number of carbonyl (C=O) groups is 2. The van der Waals surface area contributed by atoms with Gasteiger partial charge in [-0.15, -0.1) is 0 Å². The monoisotopic (exact) mass is 384 g/mol. The summed E-state index contributed by atoms with van der Waals surface area (Å²) in [5.41, 5.74) is 1.87. The van der Waals surface area contributed by atoms with Crippen molar-refractivity contribution in [3.63, 3.8) is 0 Å². The number of halogens is 1. The lowest BCUT2D eigenvalue weighted by Gasteiger charge is -2.36. The van der Waals surface area contributed by atoms with Gasteiger partial charge < -0.3 is 10.2 Å². The molecular formula is C15H17IN2O2. The van der Waals surface area contributed by atoms with Gasteiger partial charge in [0.2, 0.25) is 5.91 Å². The highest BCUT2D eigenvalue weighted by atomic mass is 127. The zero-order valence-corrected chi connectivity index (χ0v) is 13.5. The van der Waals surface area contributed by atoms with Crippen LogP contribution in [0.5, 0.6) is 0 Å². The average molecular weight is 384 g/mol. The topological polar surface area (TPSA) is 49.4 Å². The number of nitrogens with zero attached hydrogens (tertiary/aromatic N) is 1. The first-order valence-corrected chi connectivity index (χ1v) is 8.01. The van der Waals surface area contributed by atoms with Gasteiger partial charge in [-0.2, -0.15) is 0 Å². The quantitative estimate of drug-likeness (QED) is 0.753. The van der Waals surface area contributed by atoms with Crippen molar-refractivity contribution in [2.75, 3.05) is 13.1 Å². The molecule has 1 aromatic carbocycles.